The van der Waals surface area contributed by atoms with E-state index >= 15 is 0 Å². The molecule has 1 aromatic carbocycles. The summed E-state index contributed by atoms with van der Waals surface area (Å²) >= 11 is 0. The number of benzene rings is 1. The lowest BCUT2D eigenvalue weighted by Crippen LogP contribution is -2.16. The van der Waals surface area contributed by atoms with E-state index < -0.39 is 0 Å². The Balaban J connectivity index is 1.73. The van der Waals surface area contributed by atoms with Crippen LogP contribution in [0.4, 0.5) is 5.95 Å². The molecule has 2 heterocycles. The van der Waals surface area contributed by atoms with Crippen molar-refractivity contribution in [1.29, 1.82) is 0 Å². The number of anilines is 1. The summed E-state index contributed by atoms with van der Waals surface area (Å²) in [6.45, 7) is 6.55. The van der Waals surface area contributed by atoms with Gasteiger partial charge in [-0.2, -0.15) is 0 Å². The third kappa shape index (κ3) is 3.21. The molecule has 0 radical (unpaired) electrons. The average Bonchev–Trinajstić information content (AvgIpc) is 2.52. The van der Waals surface area contributed by atoms with Crippen molar-refractivity contribution in [2.75, 3.05) is 11.9 Å². The van der Waals surface area contributed by atoms with Gasteiger partial charge in [0.1, 0.15) is 5.82 Å². The normalized spacial score (nSPS) is 10.9. The van der Waals surface area contributed by atoms with Gasteiger partial charge in [0, 0.05) is 24.4 Å². The van der Waals surface area contributed by atoms with Crippen LogP contribution in [0.2, 0.25) is 0 Å². The van der Waals surface area contributed by atoms with Crippen molar-refractivity contribution in [1.82, 2.24) is 19.9 Å². The van der Waals surface area contributed by atoms with Crippen LogP contribution in [-0.2, 0) is 6.42 Å². The van der Waals surface area contributed by atoms with Gasteiger partial charge < -0.3 is 10.3 Å². The van der Waals surface area contributed by atoms with Crippen molar-refractivity contribution in [3.63, 3.8) is 0 Å². The highest BCUT2D eigenvalue weighted by Crippen LogP contribution is 2.11. The van der Waals surface area contributed by atoms with Gasteiger partial charge in [-0.25, -0.2) is 15.0 Å². The Morgan fingerprint density at radius 3 is 2.48 bits per heavy atom. The van der Waals surface area contributed by atoms with Gasteiger partial charge in [-0.3, -0.25) is 4.79 Å². The first-order chi connectivity index (χ1) is 11.0. The van der Waals surface area contributed by atoms with Gasteiger partial charge in [0.2, 0.25) is 5.95 Å². The van der Waals surface area contributed by atoms with Gasteiger partial charge >= 0.3 is 0 Å². The Labute approximate surface area is 134 Å². The maximum absolute atomic E-state index is 12.0. The van der Waals surface area contributed by atoms with Gasteiger partial charge in [-0.15, -0.1) is 0 Å². The summed E-state index contributed by atoms with van der Waals surface area (Å²) < 4.78 is 0. The number of hydrogen-bond donors (Lipinski definition) is 2. The third-order valence-corrected chi connectivity index (χ3v) is 3.94. The lowest BCUT2D eigenvalue weighted by molar-refractivity contribution is 0.880. The number of H-pyrrole nitrogens is 1. The molecule has 0 atom stereocenters. The molecule has 0 saturated heterocycles. The van der Waals surface area contributed by atoms with Crippen LogP contribution in [0.25, 0.3) is 10.9 Å². The van der Waals surface area contributed by atoms with Crippen LogP contribution < -0.4 is 10.9 Å². The lowest BCUT2D eigenvalue weighted by Gasteiger charge is -2.09. The van der Waals surface area contributed by atoms with E-state index in [1.54, 1.807) is 6.07 Å². The molecule has 0 saturated carbocycles. The molecule has 0 bridgehead atoms. The number of nitrogens with one attached hydrogen (secondary N) is 2. The van der Waals surface area contributed by atoms with E-state index in [0.29, 0.717) is 35.6 Å². The standard InChI is InChI=1S/C17H19N5O/c1-10-11(2)19-17(20-12(10)3)18-9-8-15-21-14-7-5-4-6-13(14)16(23)22-15/h4-7H,8-9H2,1-3H3,(H,18,19,20)(H,21,22,23). The fourth-order valence-electron chi connectivity index (χ4n) is 2.40. The Hall–Kier alpha value is -2.76. The Morgan fingerprint density at radius 1 is 1.04 bits per heavy atom. The van der Waals surface area contributed by atoms with Crippen LogP contribution in [0.1, 0.15) is 22.8 Å². The molecule has 0 aliphatic carbocycles. The van der Waals surface area contributed by atoms with Crippen LogP contribution >= 0.6 is 0 Å². The summed E-state index contributed by atoms with van der Waals surface area (Å²) in [6.07, 6.45) is 0.593. The summed E-state index contributed by atoms with van der Waals surface area (Å²) in [7, 11) is 0. The molecule has 0 unspecified atom stereocenters. The molecule has 6 nitrogen and oxygen atoms in total. The van der Waals surface area contributed by atoms with Crippen molar-refractivity contribution < 1.29 is 0 Å². The number of aromatic nitrogens is 4. The van der Waals surface area contributed by atoms with E-state index in [9.17, 15) is 4.79 Å². The first-order valence-corrected chi connectivity index (χ1v) is 7.58. The summed E-state index contributed by atoms with van der Waals surface area (Å²) in [5.74, 6) is 1.26. The Morgan fingerprint density at radius 2 is 1.74 bits per heavy atom. The van der Waals surface area contributed by atoms with Gasteiger partial charge in [0.05, 0.1) is 10.9 Å². The van der Waals surface area contributed by atoms with E-state index in [2.05, 4.69) is 25.3 Å². The molecule has 0 fully saturated rings. The van der Waals surface area contributed by atoms with Gasteiger partial charge in [0.15, 0.2) is 0 Å². The highest BCUT2D eigenvalue weighted by molar-refractivity contribution is 5.77. The smallest absolute Gasteiger partial charge is 0.258 e. The Kier molecular flexibility index (Phi) is 4.06. The number of fused-ring (bicyclic) bond motifs is 1. The molecule has 3 rings (SSSR count). The van der Waals surface area contributed by atoms with Crippen LogP contribution in [0.3, 0.4) is 0 Å². The molecule has 23 heavy (non-hydrogen) atoms. The van der Waals surface area contributed by atoms with Gasteiger partial charge in [-0.05, 0) is 38.5 Å². The fourth-order valence-corrected chi connectivity index (χ4v) is 2.40. The first kappa shape index (κ1) is 15.1. The molecule has 0 spiro atoms. The zero-order valence-electron chi connectivity index (χ0n) is 13.5. The molecule has 118 valence electrons. The largest absolute Gasteiger partial charge is 0.354 e. The maximum atomic E-state index is 12.0. The molecule has 2 N–H and O–H groups in total. The molecule has 3 aromatic rings. The zero-order chi connectivity index (χ0) is 16.4. The number of nitrogens with zero attached hydrogens (tertiary/aromatic N) is 3. The highest BCUT2D eigenvalue weighted by Gasteiger charge is 2.06. The SMILES string of the molecule is Cc1nc(NCCc2nc3ccccc3c(=O)[nH]2)nc(C)c1C. The second-order valence-corrected chi connectivity index (χ2v) is 5.55. The number of aromatic amines is 1. The topological polar surface area (TPSA) is 83.6 Å². The fraction of sp³-hybridized carbons (Fsp3) is 0.294. The molecule has 6 heteroatoms. The molecule has 0 aliphatic heterocycles. The summed E-state index contributed by atoms with van der Waals surface area (Å²) in [4.78, 5) is 28.2. The third-order valence-electron chi connectivity index (χ3n) is 3.94. The monoisotopic (exact) mass is 309 g/mol. The minimum atomic E-state index is -0.108. The van der Waals surface area contributed by atoms with Gasteiger partial charge in [-0.1, -0.05) is 12.1 Å². The first-order valence-electron chi connectivity index (χ1n) is 7.58. The van der Waals surface area contributed by atoms with Crippen molar-refractivity contribution >= 4 is 16.9 Å². The van der Waals surface area contributed by atoms with Crippen LogP contribution in [0, 0.1) is 20.8 Å². The van der Waals surface area contributed by atoms with Crippen molar-refractivity contribution in [2.45, 2.75) is 27.2 Å². The maximum Gasteiger partial charge on any atom is 0.258 e. The lowest BCUT2D eigenvalue weighted by atomic mass is 10.2. The van der Waals surface area contributed by atoms with E-state index in [0.717, 1.165) is 17.0 Å². The minimum absolute atomic E-state index is 0.108. The van der Waals surface area contributed by atoms with E-state index in [1.165, 1.54) is 0 Å². The molecule has 0 amide bonds. The number of hydrogen-bond acceptors (Lipinski definition) is 5. The number of aryl methyl sites for hydroxylation is 2. The number of rotatable bonds is 4. The second kappa shape index (κ2) is 6.16. The highest BCUT2D eigenvalue weighted by atomic mass is 16.1. The average molecular weight is 309 g/mol. The zero-order valence-corrected chi connectivity index (χ0v) is 13.5. The minimum Gasteiger partial charge on any atom is -0.354 e. The molecular weight excluding hydrogens is 290 g/mol. The predicted molar refractivity (Wildman–Crippen MR) is 90.8 cm³/mol. The summed E-state index contributed by atoms with van der Waals surface area (Å²) in [5, 5.41) is 3.79. The van der Waals surface area contributed by atoms with Crippen molar-refractivity contribution in [2.24, 2.45) is 0 Å². The van der Waals surface area contributed by atoms with Gasteiger partial charge in [0.25, 0.3) is 5.56 Å². The Bertz CT molecular complexity index is 893. The number of para-hydroxylation sites is 1. The van der Waals surface area contributed by atoms with Crippen LogP contribution in [0.15, 0.2) is 29.1 Å². The molecule has 2 aromatic heterocycles. The molecular formula is C17H19N5O. The predicted octanol–water partition coefficient (Wildman–Crippen LogP) is 2.29. The van der Waals surface area contributed by atoms with Crippen molar-refractivity contribution in [3.05, 3.63) is 57.4 Å². The van der Waals surface area contributed by atoms with Crippen molar-refractivity contribution in [3.8, 4) is 0 Å². The van der Waals surface area contributed by atoms with Crippen LogP contribution in [-0.4, -0.2) is 26.5 Å². The van der Waals surface area contributed by atoms with Crippen LogP contribution in [0.5, 0.6) is 0 Å². The second-order valence-electron chi connectivity index (χ2n) is 5.55. The van der Waals surface area contributed by atoms with E-state index in [1.807, 2.05) is 39.0 Å². The van der Waals surface area contributed by atoms with E-state index in [4.69, 9.17) is 0 Å². The van der Waals surface area contributed by atoms with E-state index in [-0.39, 0.29) is 5.56 Å². The summed E-state index contributed by atoms with van der Waals surface area (Å²) in [5.41, 5.74) is 3.65. The molecule has 0 aliphatic rings. The summed E-state index contributed by atoms with van der Waals surface area (Å²) in [6, 6.07) is 7.33. The quantitative estimate of drug-likeness (QED) is 0.772.